The van der Waals surface area contributed by atoms with E-state index >= 15 is 0 Å². The Morgan fingerprint density at radius 1 is 1.28 bits per heavy atom. The average molecular weight is 246 g/mol. The number of furan rings is 1. The van der Waals surface area contributed by atoms with E-state index in [-0.39, 0.29) is 6.10 Å². The monoisotopic (exact) mass is 246 g/mol. The molecule has 3 nitrogen and oxygen atoms in total. The zero-order valence-corrected chi connectivity index (χ0v) is 11.2. The summed E-state index contributed by atoms with van der Waals surface area (Å²) in [6.45, 7) is 7.80. The van der Waals surface area contributed by atoms with Crippen LogP contribution in [0.3, 0.4) is 0 Å². The number of hydrogen-bond acceptors (Lipinski definition) is 3. The van der Waals surface area contributed by atoms with Crippen LogP contribution in [-0.4, -0.2) is 14.2 Å². The van der Waals surface area contributed by atoms with Gasteiger partial charge in [-0.1, -0.05) is 6.58 Å². The van der Waals surface area contributed by atoms with Crippen molar-refractivity contribution < 1.29 is 13.9 Å². The SMILES string of the molecule is C=C(C)c1cc2cc(C(C)OC)c(OC)cc2o1. The minimum absolute atomic E-state index is 0.0208. The van der Waals surface area contributed by atoms with Crippen LogP contribution >= 0.6 is 0 Å². The van der Waals surface area contributed by atoms with Crippen LogP contribution in [0.15, 0.2) is 29.2 Å². The predicted molar refractivity (Wildman–Crippen MR) is 72.9 cm³/mol. The standard InChI is InChI=1S/C15H18O3/c1-9(2)13-7-11-6-12(10(3)16-4)15(17-5)8-14(11)18-13/h6-8,10H,1H2,2-5H3. The van der Waals surface area contributed by atoms with Crippen molar-refractivity contribution in [2.45, 2.75) is 20.0 Å². The molecule has 2 rings (SSSR count). The molecular weight excluding hydrogens is 228 g/mol. The molecule has 1 aromatic heterocycles. The van der Waals surface area contributed by atoms with Gasteiger partial charge in [0.15, 0.2) is 0 Å². The lowest BCUT2D eigenvalue weighted by atomic mass is 10.1. The Morgan fingerprint density at radius 3 is 2.56 bits per heavy atom. The molecule has 0 aliphatic carbocycles. The molecule has 0 aliphatic heterocycles. The summed E-state index contributed by atoms with van der Waals surface area (Å²) in [5, 5.41) is 1.03. The molecule has 0 spiro atoms. The number of ether oxygens (including phenoxy) is 2. The number of hydrogen-bond donors (Lipinski definition) is 0. The van der Waals surface area contributed by atoms with Crippen molar-refractivity contribution in [3.05, 3.63) is 36.1 Å². The quantitative estimate of drug-likeness (QED) is 0.811. The summed E-state index contributed by atoms with van der Waals surface area (Å²) < 4.78 is 16.5. The zero-order chi connectivity index (χ0) is 13.3. The Kier molecular flexibility index (Phi) is 3.43. The highest BCUT2D eigenvalue weighted by atomic mass is 16.5. The number of rotatable bonds is 4. The first kappa shape index (κ1) is 12.7. The van der Waals surface area contributed by atoms with E-state index in [1.165, 1.54) is 0 Å². The molecule has 0 radical (unpaired) electrons. The van der Waals surface area contributed by atoms with Crippen molar-refractivity contribution in [3.63, 3.8) is 0 Å². The van der Waals surface area contributed by atoms with Gasteiger partial charge in [0.05, 0.1) is 13.2 Å². The van der Waals surface area contributed by atoms with Crippen molar-refractivity contribution in [3.8, 4) is 5.75 Å². The molecular formula is C15H18O3. The fourth-order valence-electron chi connectivity index (χ4n) is 1.92. The summed E-state index contributed by atoms with van der Waals surface area (Å²) in [6, 6.07) is 5.92. The molecule has 1 atom stereocenters. The summed E-state index contributed by atoms with van der Waals surface area (Å²) in [5.74, 6) is 1.58. The first-order valence-electron chi connectivity index (χ1n) is 5.87. The van der Waals surface area contributed by atoms with Crippen LogP contribution in [0.5, 0.6) is 5.75 Å². The topological polar surface area (TPSA) is 31.6 Å². The third-order valence-corrected chi connectivity index (χ3v) is 3.08. The maximum absolute atomic E-state index is 5.72. The number of allylic oxidation sites excluding steroid dienone is 1. The average Bonchev–Trinajstić information content (AvgIpc) is 2.79. The van der Waals surface area contributed by atoms with Crippen molar-refractivity contribution in [2.75, 3.05) is 14.2 Å². The summed E-state index contributed by atoms with van der Waals surface area (Å²) >= 11 is 0. The van der Waals surface area contributed by atoms with Gasteiger partial charge < -0.3 is 13.9 Å². The van der Waals surface area contributed by atoms with Crippen LogP contribution in [0.4, 0.5) is 0 Å². The molecule has 0 N–H and O–H groups in total. The molecule has 0 saturated heterocycles. The molecule has 96 valence electrons. The molecule has 0 fully saturated rings. The Hall–Kier alpha value is -1.74. The molecule has 1 heterocycles. The minimum Gasteiger partial charge on any atom is -0.496 e. The highest BCUT2D eigenvalue weighted by Gasteiger charge is 2.14. The number of fused-ring (bicyclic) bond motifs is 1. The molecule has 0 bridgehead atoms. The second kappa shape index (κ2) is 4.86. The van der Waals surface area contributed by atoms with Crippen LogP contribution in [0.1, 0.15) is 31.3 Å². The van der Waals surface area contributed by atoms with E-state index in [1.54, 1.807) is 14.2 Å². The van der Waals surface area contributed by atoms with Gasteiger partial charge in [-0.05, 0) is 31.6 Å². The molecule has 0 aliphatic rings. The van der Waals surface area contributed by atoms with Gasteiger partial charge in [-0.25, -0.2) is 0 Å². The van der Waals surface area contributed by atoms with Gasteiger partial charge in [-0.15, -0.1) is 0 Å². The maximum atomic E-state index is 5.72. The van der Waals surface area contributed by atoms with Gasteiger partial charge in [0, 0.05) is 24.1 Å². The Balaban J connectivity index is 2.61. The first-order chi connectivity index (χ1) is 8.56. The molecule has 2 aromatic rings. The van der Waals surface area contributed by atoms with Crippen molar-refractivity contribution in [2.24, 2.45) is 0 Å². The smallest absolute Gasteiger partial charge is 0.138 e. The fourth-order valence-corrected chi connectivity index (χ4v) is 1.92. The molecule has 1 unspecified atom stereocenters. The van der Waals surface area contributed by atoms with Crippen molar-refractivity contribution >= 4 is 16.5 Å². The number of benzene rings is 1. The zero-order valence-electron chi connectivity index (χ0n) is 11.2. The second-order valence-electron chi connectivity index (χ2n) is 4.40. The Morgan fingerprint density at radius 2 is 2.00 bits per heavy atom. The highest BCUT2D eigenvalue weighted by Crippen LogP contribution is 2.34. The van der Waals surface area contributed by atoms with E-state index in [9.17, 15) is 0 Å². The van der Waals surface area contributed by atoms with E-state index < -0.39 is 0 Å². The largest absolute Gasteiger partial charge is 0.496 e. The van der Waals surface area contributed by atoms with E-state index in [0.29, 0.717) is 0 Å². The van der Waals surface area contributed by atoms with E-state index in [2.05, 4.69) is 6.58 Å². The van der Waals surface area contributed by atoms with Crippen molar-refractivity contribution in [1.29, 1.82) is 0 Å². The Labute approximate surface area is 107 Å². The third kappa shape index (κ3) is 2.14. The molecule has 0 saturated carbocycles. The van der Waals surface area contributed by atoms with E-state index in [0.717, 1.165) is 33.6 Å². The van der Waals surface area contributed by atoms with Crippen LogP contribution in [0, 0.1) is 0 Å². The molecule has 3 heteroatoms. The number of methoxy groups -OCH3 is 2. The van der Waals surface area contributed by atoms with Crippen LogP contribution in [0.2, 0.25) is 0 Å². The van der Waals surface area contributed by atoms with E-state index in [4.69, 9.17) is 13.9 Å². The van der Waals surface area contributed by atoms with Crippen LogP contribution in [0.25, 0.3) is 16.5 Å². The van der Waals surface area contributed by atoms with Gasteiger partial charge in [0.1, 0.15) is 17.1 Å². The Bertz CT molecular complexity index is 581. The molecule has 18 heavy (non-hydrogen) atoms. The van der Waals surface area contributed by atoms with Crippen LogP contribution < -0.4 is 4.74 Å². The molecule has 1 aromatic carbocycles. The lowest BCUT2D eigenvalue weighted by Crippen LogP contribution is -1.99. The fraction of sp³-hybridized carbons (Fsp3) is 0.333. The molecule has 0 amide bonds. The van der Waals surface area contributed by atoms with Gasteiger partial charge in [-0.2, -0.15) is 0 Å². The van der Waals surface area contributed by atoms with Crippen molar-refractivity contribution in [1.82, 2.24) is 0 Å². The second-order valence-corrected chi connectivity index (χ2v) is 4.40. The summed E-state index contributed by atoms with van der Waals surface area (Å²) in [4.78, 5) is 0. The van der Waals surface area contributed by atoms with Crippen LogP contribution in [-0.2, 0) is 4.74 Å². The lowest BCUT2D eigenvalue weighted by Gasteiger charge is -2.14. The summed E-state index contributed by atoms with van der Waals surface area (Å²) in [7, 11) is 3.33. The van der Waals surface area contributed by atoms with Gasteiger partial charge in [0.2, 0.25) is 0 Å². The van der Waals surface area contributed by atoms with Gasteiger partial charge in [-0.3, -0.25) is 0 Å². The normalized spacial score (nSPS) is 12.7. The summed E-state index contributed by atoms with van der Waals surface area (Å²) in [5.41, 5.74) is 2.73. The summed E-state index contributed by atoms with van der Waals surface area (Å²) in [6.07, 6.45) is -0.0208. The lowest BCUT2D eigenvalue weighted by molar-refractivity contribution is 0.117. The van der Waals surface area contributed by atoms with Gasteiger partial charge in [0.25, 0.3) is 0 Å². The third-order valence-electron chi connectivity index (χ3n) is 3.08. The predicted octanol–water partition coefficient (Wildman–Crippen LogP) is 4.18. The first-order valence-corrected chi connectivity index (χ1v) is 5.87. The van der Waals surface area contributed by atoms with Gasteiger partial charge >= 0.3 is 0 Å². The maximum Gasteiger partial charge on any atom is 0.138 e. The highest BCUT2D eigenvalue weighted by molar-refractivity contribution is 5.83. The van der Waals surface area contributed by atoms with E-state index in [1.807, 2.05) is 32.0 Å². The minimum atomic E-state index is -0.0208.